The summed E-state index contributed by atoms with van der Waals surface area (Å²) in [4.78, 5) is 25.6. The topological polar surface area (TPSA) is 186 Å². The Hall–Kier alpha value is -2.39. The molecule has 396 valence electrons. The van der Waals surface area contributed by atoms with Crippen molar-refractivity contribution in [3.8, 4) is 0 Å². The summed E-state index contributed by atoms with van der Waals surface area (Å²) < 4.78 is 54.3. The van der Waals surface area contributed by atoms with Gasteiger partial charge in [0.2, 0.25) is 0 Å². The lowest BCUT2D eigenvalue weighted by molar-refractivity contribution is -0.297. The predicted molar refractivity (Wildman–Crippen MR) is 275 cm³/mol. The van der Waals surface area contributed by atoms with Crippen LogP contribution in [0.25, 0.3) is 0 Å². The van der Waals surface area contributed by atoms with Crippen LogP contribution in [0.3, 0.4) is 0 Å². The molecule has 0 aromatic rings. The minimum Gasteiger partial charge on any atom is -0.462 e. The van der Waals surface area contributed by atoms with E-state index in [0.717, 1.165) is 77.0 Å². The van der Waals surface area contributed by atoms with Gasteiger partial charge in [-0.1, -0.05) is 217 Å². The second-order valence-electron chi connectivity index (χ2n) is 18.9. The van der Waals surface area contributed by atoms with Crippen LogP contribution in [0, 0.1) is 0 Å². The minimum atomic E-state index is -4.61. The normalized spacial score (nSPS) is 19.5. The molecular formula is C55H98O12S. The Morgan fingerprint density at radius 1 is 0.515 bits per heavy atom. The zero-order valence-corrected chi connectivity index (χ0v) is 43.5. The summed E-state index contributed by atoms with van der Waals surface area (Å²) in [6.07, 6.45) is 45.7. The first-order valence-corrected chi connectivity index (χ1v) is 28.8. The molecular weight excluding hydrogens is 885 g/mol. The van der Waals surface area contributed by atoms with Gasteiger partial charge in [-0.3, -0.25) is 14.1 Å². The van der Waals surface area contributed by atoms with E-state index in [2.05, 4.69) is 62.5 Å². The van der Waals surface area contributed by atoms with Crippen LogP contribution in [0.5, 0.6) is 0 Å². The van der Waals surface area contributed by atoms with Crippen LogP contribution >= 0.6 is 0 Å². The van der Waals surface area contributed by atoms with E-state index in [4.69, 9.17) is 18.9 Å². The summed E-state index contributed by atoms with van der Waals surface area (Å²) in [7, 11) is -4.61. The lowest BCUT2D eigenvalue weighted by Crippen LogP contribution is -2.60. The smallest absolute Gasteiger partial charge is 0.306 e. The maximum Gasteiger partial charge on any atom is 0.306 e. The Labute approximate surface area is 413 Å². The highest BCUT2D eigenvalue weighted by molar-refractivity contribution is 7.85. The molecule has 0 radical (unpaired) electrons. The maximum absolute atomic E-state index is 12.9. The highest BCUT2D eigenvalue weighted by Gasteiger charge is 2.46. The highest BCUT2D eigenvalue weighted by atomic mass is 32.2. The number of carbonyl (C=O) groups excluding carboxylic acids is 2. The monoisotopic (exact) mass is 983 g/mol. The molecule has 0 spiro atoms. The molecule has 0 amide bonds. The summed E-state index contributed by atoms with van der Waals surface area (Å²) in [6.45, 7) is 3.68. The molecule has 0 aromatic carbocycles. The van der Waals surface area contributed by atoms with Crippen LogP contribution in [-0.4, -0.2) is 96.0 Å². The van der Waals surface area contributed by atoms with E-state index >= 15 is 0 Å². The molecule has 0 saturated carbocycles. The standard InChI is InChI=1S/C55H98O12S/c1-3-5-7-9-11-13-15-17-19-21-22-23-24-25-26-28-30-32-34-36-38-40-42-44-51(57)66-48(46-65-55-54(60)53(59)52(58)49(67-55)47-68(61,62)63)45-64-50(56)43-41-39-37-35-33-31-29-27-20-18-16-14-12-10-8-6-4-2/h5,7,11,13,17,19,22-23,48-49,52-55,58-60H,3-4,6,8-10,12,14-16,18,20-21,24-47H2,1-2H3,(H,61,62,63)/b7-5-,13-11-,19-17-,23-22-. The fourth-order valence-electron chi connectivity index (χ4n) is 8.26. The van der Waals surface area contributed by atoms with Crippen LogP contribution < -0.4 is 0 Å². The molecule has 1 rings (SSSR count). The van der Waals surface area contributed by atoms with Crippen LogP contribution in [-0.2, 0) is 38.7 Å². The summed E-state index contributed by atoms with van der Waals surface area (Å²) in [6, 6.07) is 0. The molecule has 1 fully saturated rings. The molecule has 6 atom stereocenters. The third-order valence-corrected chi connectivity index (χ3v) is 13.2. The van der Waals surface area contributed by atoms with Gasteiger partial charge >= 0.3 is 11.9 Å². The van der Waals surface area contributed by atoms with E-state index in [-0.39, 0.29) is 19.4 Å². The first-order chi connectivity index (χ1) is 33.0. The van der Waals surface area contributed by atoms with E-state index in [1.807, 2.05) is 0 Å². The van der Waals surface area contributed by atoms with Crippen molar-refractivity contribution in [1.29, 1.82) is 0 Å². The third-order valence-electron chi connectivity index (χ3n) is 12.4. The van der Waals surface area contributed by atoms with Gasteiger partial charge in [0.05, 0.1) is 6.61 Å². The van der Waals surface area contributed by atoms with Crippen molar-refractivity contribution < 1.29 is 56.8 Å². The number of unbranched alkanes of at least 4 members (excludes halogenated alkanes) is 26. The number of hydrogen-bond donors (Lipinski definition) is 4. The van der Waals surface area contributed by atoms with Crippen molar-refractivity contribution in [1.82, 2.24) is 0 Å². The molecule has 12 nitrogen and oxygen atoms in total. The average molecular weight is 983 g/mol. The van der Waals surface area contributed by atoms with Gasteiger partial charge < -0.3 is 34.3 Å². The Bertz CT molecular complexity index is 1430. The van der Waals surface area contributed by atoms with E-state index < -0.39 is 71.2 Å². The third kappa shape index (κ3) is 38.4. The molecule has 0 bridgehead atoms. The van der Waals surface area contributed by atoms with Gasteiger partial charge in [0.15, 0.2) is 12.4 Å². The number of carbonyl (C=O) groups is 2. The summed E-state index contributed by atoms with van der Waals surface area (Å²) in [5, 5.41) is 31.0. The number of hydrogen-bond acceptors (Lipinski definition) is 11. The molecule has 1 heterocycles. The van der Waals surface area contributed by atoms with Crippen LogP contribution in [0.15, 0.2) is 48.6 Å². The predicted octanol–water partition coefficient (Wildman–Crippen LogP) is 12.7. The van der Waals surface area contributed by atoms with E-state index in [1.165, 1.54) is 116 Å². The Morgan fingerprint density at radius 2 is 0.926 bits per heavy atom. The SMILES string of the molecule is CC/C=C\C/C=C\C/C=C\C/C=C\CCCCCCCCCCCCC(=O)OC(COC(=O)CCCCCCCCCCCCCCCCCCC)COC1OC(CS(=O)(=O)O)C(O)C(O)C1O. The Balaban J connectivity index is 2.34. The van der Waals surface area contributed by atoms with Gasteiger partial charge in [0.25, 0.3) is 10.1 Å². The molecule has 1 aliphatic heterocycles. The number of allylic oxidation sites excluding steroid dienone is 8. The number of ether oxygens (including phenoxy) is 4. The van der Waals surface area contributed by atoms with E-state index in [9.17, 15) is 37.9 Å². The summed E-state index contributed by atoms with van der Waals surface area (Å²) in [5.41, 5.74) is 0. The van der Waals surface area contributed by atoms with Crippen LogP contribution in [0.4, 0.5) is 0 Å². The van der Waals surface area contributed by atoms with Crippen molar-refractivity contribution in [2.24, 2.45) is 0 Å². The zero-order valence-electron chi connectivity index (χ0n) is 42.7. The Morgan fingerprint density at radius 3 is 1.38 bits per heavy atom. The van der Waals surface area contributed by atoms with Crippen molar-refractivity contribution >= 4 is 22.1 Å². The second-order valence-corrected chi connectivity index (χ2v) is 20.4. The number of rotatable bonds is 46. The molecule has 13 heteroatoms. The van der Waals surface area contributed by atoms with Gasteiger partial charge in [0, 0.05) is 12.8 Å². The molecule has 0 aromatic heterocycles. The first kappa shape index (κ1) is 63.6. The quantitative estimate of drug-likeness (QED) is 0.0196. The highest BCUT2D eigenvalue weighted by Crippen LogP contribution is 2.24. The molecule has 68 heavy (non-hydrogen) atoms. The molecule has 4 N–H and O–H groups in total. The Kier molecular flexibility index (Phi) is 41.7. The first-order valence-electron chi connectivity index (χ1n) is 27.2. The molecule has 1 aliphatic rings. The fourth-order valence-corrected chi connectivity index (χ4v) is 8.95. The maximum atomic E-state index is 12.9. The summed E-state index contributed by atoms with van der Waals surface area (Å²) in [5.74, 6) is -1.98. The molecule has 1 saturated heterocycles. The number of esters is 2. The molecule has 6 unspecified atom stereocenters. The van der Waals surface area contributed by atoms with Gasteiger partial charge in [0.1, 0.15) is 36.8 Å². The van der Waals surface area contributed by atoms with Gasteiger partial charge in [-0.2, -0.15) is 8.42 Å². The summed E-state index contributed by atoms with van der Waals surface area (Å²) >= 11 is 0. The fraction of sp³-hybridized carbons (Fsp3) is 0.818. The van der Waals surface area contributed by atoms with Gasteiger partial charge in [-0.05, 0) is 51.4 Å². The van der Waals surface area contributed by atoms with Gasteiger partial charge in [-0.15, -0.1) is 0 Å². The lowest BCUT2D eigenvalue weighted by Gasteiger charge is -2.40. The zero-order chi connectivity index (χ0) is 49.8. The largest absolute Gasteiger partial charge is 0.462 e. The minimum absolute atomic E-state index is 0.160. The van der Waals surface area contributed by atoms with Crippen LogP contribution in [0.1, 0.15) is 232 Å². The van der Waals surface area contributed by atoms with Crippen molar-refractivity contribution in [2.45, 2.75) is 269 Å². The molecule has 0 aliphatic carbocycles. The number of aliphatic hydroxyl groups excluding tert-OH is 3. The average Bonchev–Trinajstić information content (AvgIpc) is 3.31. The second kappa shape index (κ2) is 44.5. The van der Waals surface area contributed by atoms with Crippen molar-refractivity contribution in [3.05, 3.63) is 48.6 Å². The van der Waals surface area contributed by atoms with Crippen molar-refractivity contribution in [3.63, 3.8) is 0 Å². The van der Waals surface area contributed by atoms with Crippen LogP contribution in [0.2, 0.25) is 0 Å². The van der Waals surface area contributed by atoms with E-state index in [0.29, 0.717) is 12.8 Å². The lowest BCUT2D eigenvalue weighted by atomic mass is 10.00. The van der Waals surface area contributed by atoms with Gasteiger partial charge in [-0.25, -0.2) is 0 Å². The number of aliphatic hydroxyl groups is 3. The van der Waals surface area contributed by atoms with Crippen molar-refractivity contribution in [2.75, 3.05) is 19.0 Å². The van der Waals surface area contributed by atoms with E-state index in [1.54, 1.807) is 0 Å².